The number of hydrogen-bond donors (Lipinski definition) is 1. The normalized spacial score (nSPS) is 15.2. The molecule has 1 aliphatic rings. The zero-order valence-corrected chi connectivity index (χ0v) is 16.8. The summed E-state index contributed by atoms with van der Waals surface area (Å²) in [6, 6.07) is 10.00. The first kappa shape index (κ1) is 20.2. The largest absolute Gasteiger partial charge is 0.379 e. The van der Waals surface area contributed by atoms with Crippen LogP contribution < -0.4 is 10.2 Å². The number of sulfonamides is 1. The molecule has 2 heterocycles. The number of carbonyl (C=O) groups excluding carboxylic acids is 1. The second-order valence-electron chi connectivity index (χ2n) is 6.61. The van der Waals surface area contributed by atoms with Gasteiger partial charge in [0.05, 0.1) is 23.7 Å². The summed E-state index contributed by atoms with van der Waals surface area (Å²) in [6.07, 6.45) is 1.69. The lowest BCUT2D eigenvalue weighted by Crippen LogP contribution is -2.41. The van der Waals surface area contributed by atoms with Gasteiger partial charge in [-0.25, -0.2) is 13.4 Å². The maximum Gasteiger partial charge on any atom is 0.252 e. The van der Waals surface area contributed by atoms with Crippen molar-refractivity contribution in [1.82, 2.24) is 14.6 Å². The molecule has 0 saturated carbocycles. The predicted molar refractivity (Wildman–Crippen MR) is 106 cm³/mol. The van der Waals surface area contributed by atoms with Gasteiger partial charge in [0.2, 0.25) is 10.0 Å². The smallest absolute Gasteiger partial charge is 0.252 e. The van der Waals surface area contributed by atoms with Crippen molar-refractivity contribution in [3.63, 3.8) is 0 Å². The first-order valence-electron chi connectivity index (χ1n) is 8.97. The molecule has 2 aromatic rings. The lowest BCUT2D eigenvalue weighted by atomic mass is 10.2. The van der Waals surface area contributed by atoms with Crippen molar-refractivity contribution in [3.05, 3.63) is 53.7 Å². The number of benzene rings is 1. The average Bonchev–Trinajstić information content (AvgIpc) is 2.73. The van der Waals surface area contributed by atoms with Gasteiger partial charge in [0.1, 0.15) is 5.82 Å². The van der Waals surface area contributed by atoms with Gasteiger partial charge in [-0.2, -0.15) is 4.31 Å². The molecule has 3 rings (SSSR count). The van der Waals surface area contributed by atoms with E-state index in [-0.39, 0.29) is 30.1 Å². The first-order valence-corrected chi connectivity index (χ1v) is 10.4. The fourth-order valence-corrected chi connectivity index (χ4v) is 4.47. The highest BCUT2D eigenvalue weighted by molar-refractivity contribution is 7.89. The van der Waals surface area contributed by atoms with Crippen LogP contribution in [0.15, 0.2) is 47.5 Å². The van der Waals surface area contributed by atoms with Crippen LogP contribution in [-0.2, 0) is 21.3 Å². The number of hydrogen-bond acceptors (Lipinski definition) is 6. The lowest BCUT2D eigenvalue weighted by Gasteiger charge is -2.26. The van der Waals surface area contributed by atoms with Gasteiger partial charge < -0.3 is 15.0 Å². The standard InChI is InChI=1S/C19H24N4O4S/c1-22(2)18-8-7-15(13-20-18)14-21-19(24)16-5-3-4-6-17(16)28(25,26)23-9-11-27-12-10-23/h3-8,13H,9-12,14H2,1-2H3,(H,21,24). The second kappa shape index (κ2) is 8.68. The Balaban J connectivity index is 1.75. The summed E-state index contributed by atoms with van der Waals surface area (Å²) in [4.78, 5) is 18.9. The third-order valence-corrected chi connectivity index (χ3v) is 6.40. The average molecular weight is 404 g/mol. The van der Waals surface area contributed by atoms with E-state index in [1.54, 1.807) is 18.3 Å². The minimum absolute atomic E-state index is 0.00970. The molecule has 0 aliphatic carbocycles. The minimum Gasteiger partial charge on any atom is -0.379 e. The third-order valence-electron chi connectivity index (χ3n) is 4.44. The molecule has 0 radical (unpaired) electrons. The number of nitrogens with one attached hydrogen (secondary N) is 1. The van der Waals surface area contributed by atoms with Crippen molar-refractivity contribution in [1.29, 1.82) is 0 Å². The zero-order chi connectivity index (χ0) is 20.1. The molecule has 1 aliphatic heterocycles. The van der Waals surface area contributed by atoms with Crippen molar-refractivity contribution in [3.8, 4) is 0 Å². The fourth-order valence-electron chi connectivity index (χ4n) is 2.87. The molecule has 1 aromatic heterocycles. The van der Waals surface area contributed by atoms with Crippen molar-refractivity contribution in [2.75, 3.05) is 45.3 Å². The molecule has 0 atom stereocenters. The van der Waals surface area contributed by atoms with E-state index in [9.17, 15) is 13.2 Å². The summed E-state index contributed by atoms with van der Waals surface area (Å²) in [5.41, 5.74) is 0.958. The van der Waals surface area contributed by atoms with E-state index in [4.69, 9.17) is 4.74 Å². The van der Waals surface area contributed by atoms with E-state index >= 15 is 0 Å². The molecule has 1 amide bonds. The van der Waals surface area contributed by atoms with Gasteiger partial charge in [-0.3, -0.25) is 4.79 Å². The molecule has 8 nitrogen and oxygen atoms in total. The van der Waals surface area contributed by atoms with Crippen molar-refractivity contribution < 1.29 is 17.9 Å². The van der Waals surface area contributed by atoms with Crippen LogP contribution in [0.3, 0.4) is 0 Å². The summed E-state index contributed by atoms with van der Waals surface area (Å²) in [7, 11) is 0.0357. The number of rotatable bonds is 6. The van der Waals surface area contributed by atoms with Crippen LogP contribution in [0.25, 0.3) is 0 Å². The van der Waals surface area contributed by atoms with Gasteiger partial charge in [0.25, 0.3) is 5.91 Å². The van der Waals surface area contributed by atoms with Crippen molar-refractivity contribution in [2.45, 2.75) is 11.4 Å². The summed E-state index contributed by atoms with van der Waals surface area (Å²) >= 11 is 0. The van der Waals surface area contributed by atoms with E-state index in [0.29, 0.717) is 13.2 Å². The van der Waals surface area contributed by atoms with E-state index < -0.39 is 15.9 Å². The summed E-state index contributed by atoms with van der Waals surface area (Å²) in [5, 5.41) is 2.78. The quantitative estimate of drug-likeness (QED) is 0.775. The molecule has 0 bridgehead atoms. The highest BCUT2D eigenvalue weighted by atomic mass is 32.2. The van der Waals surface area contributed by atoms with E-state index in [1.165, 1.54) is 16.4 Å². The van der Waals surface area contributed by atoms with Crippen molar-refractivity contribution >= 4 is 21.7 Å². The fraction of sp³-hybridized carbons (Fsp3) is 0.368. The topological polar surface area (TPSA) is 91.8 Å². The maximum absolute atomic E-state index is 13.0. The number of morpholine rings is 1. The molecule has 1 fully saturated rings. The molecule has 1 aromatic carbocycles. The molecule has 1 N–H and O–H groups in total. The number of ether oxygens (including phenoxy) is 1. The zero-order valence-electron chi connectivity index (χ0n) is 16.0. The van der Waals surface area contributed by atoms with Crippen LogP contribution in [0.1, 0.15) is 15.9 Å². The lowest BCUT2D eigenvalue weighted by molar-refractivity contribution is 0.0730. The Kier molecular flexibility index (Phi) is 6.28. The van der Waals surface area contributed by atoms with Crippen LogP contribution in [0, 0.1) is 0 Å². The van der Waals surface area contributed by atoms with Gasteiger partial charge in [-0.1, -0.05) is 18.2 Å². The Morgan fingerprint density at radius 3 is 2.54 bits per heavy atom. The molecule has 9 heteroatoms. The van der Waals surface area contributed by atoms with Crippen LogP contribution >= 0.6 is 0 Å². The van der Waals surface area contributed by atoms with Crippen LogP contribution in [-0.4, -0.2) is 64.0 Å². The highest BCUT2D eigenvalue weighted by Crippen LogP contribution is 2.21. The summed E-state index contributed by atoms with van der Waals surface area (Å²) < 4.78 is 32.5. The number of aromatic nitrogens is 1. The van der Waals surface area contributed by atoms with Crippen LogP contribution in [0.2, 0.25) is 0 Å². The van der Waals surface area contributed by atoms with E-state index in [2.05, 4.69) is 10.3 Å². The summed E-state index contributed by atoms with van der Waals surface area (Å²) in [6.45, 7) is 1.52. The number of anilines is 1. The molecule has 0 spiro atoms. The SMILES string of the molecule is CN(C)c1ccc(CNC(=O)c2ccccc2S(=O)(=O)N2CCOCC2)cn1. The highest BCUT2D eigenvalue weighted by Gasteiger charge is 2.29. The second-order valence-corrected chi connectivity index (χ2v) is 8.52. The van der Waals surface area contributed by atoms with Crippen molar-refractivity contribution in [2.24, 2.45) is 0 Å². The Hall–Kier alpha value is -2.49. The maximum atomic E-state index is 13.0. The van der Waals surface area contributed by atoms with Crippen LogP contribution in [0.5, 0.6) is 0 Å². The van der Waals surface area contributed by atoms with Gasteiger partial charge >= 0.3 is 0 Å². The van der Waals surface area contributed by atoms with E-state index in [1.807, 2.05) is 31.1 Å². The van der Waals surface area contributed by atoms with Gasteiger partial charge in [0, 0.05) is 39.9 Å². The Bertz CT molecular complexity index is 923. The molecular formula is C19H24N4O4S. The predicted octanol–water partition coefficient (Wildman–Crippen LogP) is 1.10. The Morgan fingerprint density at radius 2 is 1.89 bits per heavy atom. The number of carbonyl (C=O) groups is 1. The number of pyridine rings is 1. The number of nitrogens with zero attached hydrogens (tertiary/aromatic N) is 3. The monoisotopic (exact) mass is 404 g/mol. The van der Waals surface area contributed by atoms with Gasteiger partial charge in [-0.15, -0.1) is 0 Å². The molecular weight excluding hydrogens is 380 g/mol. The molecule has 0 unspecified atom stereocenters. The Morgan fingerprint density at radius 1 is 1.18 bits per heavy atom. The molecule has 150 valence electrons. The molecule has 28 heavy (non-hydrogen) atoms. The Labute approximate surface area is 165 Å². The van der Waals surface area contributed by atoms with Crippen LogP contribution in [0.4, 0.5) is 5.82 Å². The summed E-state index contributed by atoms with van der Waals surface area (Å²) in [5.74, 6) is 0.376. The van der Waals surface area contributed by atoms with E-state index in [0.717, 1.165) is 11.4 Å². The minimum atomic E-state index is -3.76. The van der Waals surface area contributed by atoms with Gasteiger partial charge in [-0.05, 0) is 23.8 Å². The first-order chi connectivity index (χ1) is 13.4. The third kappa shape index (κ3) is 4.49. The number of amides is 1. The molecule has 1 saturated heterocycles. The van der Waals surface area contributed by atoms with Gasteiger partial charge in [0.15, 0.2) is 0 Å².